The number of nitrogens with zero attached hydrogens (tertiary/aromatic N) is 3. The van der Waals surface area contributed by atoms with E-state index in [1.54, 1.807) is 13.0 Å². The molecule has 1 aromatic heterocycles. The summed E-state index contributed by atoms with van der Waals surface area (Å²) >= 11 is 0. The molecule has 4 rings (SSSR count). The van der Waals surface area contributed by atoms with Gasteiger partial charge in [-0.3, -0.25) is 0 Å². The monoisotopic (exact) mass is 407 g/mol. The zero-order chi connectivity index (χ0) is 21.0. The van der Waals surface area contributed by atoms with Crippen LogP contribution in [0.3, 0.4) is 0 Å². The van der Waals surface area contributed by atoms with E-state index in [0.29, 0.717) is 35.4 Å². The van der Waals surface area contributed by atoms with E-state index in [-0.39, 0.29) is 11.5 Å². The number of piperidine rings is 1. The number of aliphatic hydroxyl groups is 1. The molecule has 0 amide bonds. The Morgan fingerprint density at radius 1 is 1.17 bits per heavy atom. The summed E-state index contributed by atoms with van der Waals surface area (Å²) in [5, 5.41) is 30.0. The Morgan fingerprint density at radius 3 is 2.59 bits per heavy atom. The Kier molecular flexibility index (Phi) is 4.82. The Labute approximate surface area is 167 Å². The lowest BCUT2D eigenvalue weighted by atomic mass is 9.79. The number of alkyl halides is 3. The highest BCUT2D eigenvalue weighted by Crippen LogP contribution is 2.50. The van der Waals surface area contributed by atoms with E-state index in [2.05, 4.69) is 15.1 Å². The number of aromatic hydroxyl groups is 1. The molecule has 1 saturated heterocycles. The third-order valence-corrected chi connectivity index (χ3v) is 6.48. The van der Waals surface area contributed by atoms with E-state index in [4.69, 9.17) is 0 Å². The molecule has 2 aliphatic rings. The summed E-state index contributed by atoms with van der Waals surface area (Å²) < 4.78 is 38.5. The summed E-state index contributed by atoms with van der Waals surface area (Å²) in [4.78, 5) is 2.21. The zero-order valence-corrected chi connectivity index (χ0v) is 16.4. The fraction of sp³-hybridized carbons (Fsp3) is 0.524. The van der Waals surface area contributed by atoms with Gasteiger partial charge in [0, 0.05) is 18.0 Å². The highest BCUT2D eigenvalue weighted by Gasteiger charge is 2.51. The van der Waals surface area contributed by atoms with Crippen LogP contribution in [0.4, 0.5) is 13.2 Å². The van der Waals surface area contributed by atoms with Crippen LogP contribution < -0.4 is 0 Å². The van der Waals surface area contributed by atoms with Crippen LogP contribution in [0.1, 0.15) is 36.1 Å². The molecule has 156 valence electrons. The van der Waals surface area contributed by atoms with Crippen molar-refractivity contribution in [2.75, 3.05) is 20.1 Å². The van der Waals surface area contributed by atoms with Crippen molar-refractivity contribution in [3.8, 4) is 17.0 Å². The van der Waals surface area contributed by atoms with Gasteiger partial charge < -0.3 is 15.1 Å². The summed E-state index contributed by atoms with van der Waals surface area (Å²) in [5.41, 5.74) is -0.354. The molecule has 0 radical (unpaired) electrons. The van der Waals surface area contributed by atoms with Gasteiger partial charge in [-0.05, 0) is 75.5 Å². The first-order chi connectivity index (χ1) is 13.6. The van der Waals surface area contributed by atoms with Crippen molar-refractivity contribution in [3.63, 3.8) is 0 Å². The third kappa shape index (κ3) is 3.48. The van der Waals surface area contributed by atoms with Crippen molar-refractivity contribution in [1.29, 1.82) is 0 Å². The fourth-order valence-corrected chi connectivity index (χ4v) is 4.83. The molecule has 3 unspecified atom stereocenters. The first kappa shape index (κ1) is 20.1. The minimum absolute atomic E-state index is 0.0836. The molecule has 2 heterocycles. The van der Waals surface area contributed by atoms with Crippen LogP contribution in [-0.2, 0) is 11.8 Å². The van der Waals surface area contributed by atoms with Crippen molar-refractivity contribution < 1.29 is 23.4 Å². The molecule has 1 saturated carbocycles. The van der Waals surface area contributed by atoms with Crippen LogP contribution in [0.5, 0.6) is 5.75 Å². The maximum Gasteiger partial charge on any atom is 0.416 e. The summed E-state index contributed by atoms with van der Waals surface area (Å²) in [5.74, 6) is 0.0377. The molecule has 3 atom stereocenters. The van der Waals surface area contributed by atoms with Gasteiger partial charge in [-0.1, -0.05) is 0 Å². The lowest BCUT2D eigenvalue weighted by molar-refractivity contribution is -0.137. The highest BCUT2D eigenvalue weighted by atomic mass is 19.4. The molecule has 29 heavy (non-hydrogen) atoms. The number of aromatic nitrogens is 2. The van der Waals surface area contributed by atoms with Crippen molar-refractivity contribution in [2.45, 2.75) is 38.0 Å². The van der Waals surface area contributed by atoms with Crippen LogP contribution in [0.2, 0.25) is 0 Å². The zero-order valence-electron chi connectivity index (χ0n) is 16.4. The molecule has 0 bridgehead atoms. The second-order valence-corrected chi connectivity index (χ2v) is 8.37. The number of phenols is 1. The lowest BCUT2D eigenvalue weighted by Crippen LogP contribution is -2.45. The van der Waals surface area contributed by atoms with Crippen LogP contribution in [0.25, 0.3) is 11.3 Å². The average molecular weight is 407 g/mol. The number of aryl methyl sites for hydroxylation is 1. The first-order valence-electron chi connectivity index (χ1n) is 9.76. The predicted octanol–water partition coefficient (Wildman–Crippen LogP) is 3.73. The number of likely N-dealkylation sites (tertiary alicyclic amines) is 1. The van der Waals surface area contributed by atoms with Gasteiger partial charge in [0.1, 0.15) is 11.4 Å². The molecule has 1 aliphatic carbocycles. The van der Waals surface area contributed by atoms with Gasteiger partial charge in [-0.2, -0.15) is 18.3 Å². The Morgan fingerprint density at radius 2 is 1.93 bits per heavy atom. The summed E-state index contributed by atoms with van der Waals surface area (Å²) in [6.45, 7) is 3.57. The number of hydrogen-bond acceptors (Lipinski definition) is 5. The molecule has 8 heteroatoms. The van der Waals surface area contributed by atoms with Gasteiger partial charge in [0.2, 0.25) is 0 Å². The molecule has 2 N–H and O–H groups in total. The SMILES string of the molecule is Cc1cc(C2(O)CCC3CCN(C)CC32)nnc1-c1ccc(C(F)(F)F)cc1O. The topological polar surface area (TPSA) is 69.5 Å². The third-order valence-electron chi connectivity index (χ3n) is 6.48. The number of phenolic OH excluding ortho intramolecular Hbond substituents is 1. The van der Waals surface area contributed by atoms with Crippen molar-refractivity contribution in [3.05, 3.63) is 41.1 Å². The predicted molar refractivity (Wildman–Crippen MR) is 101 cm³/mol. The molecular weight excluding hydrogens is 383 g/mol. The molecule has 1 aromatic carbocycles. The van der Waals surface area contributed by atoms with Gasteiger partial charge in [0.05, 0.1) is 17.0 Å². The van der Waals surface area contributed by atoms with Crippen LogP contribution >= 0.6 is 0 Å². The number of benzene rings is 1. The average Bonchev–Trinajstić information content (AvgIpc) is 2.99. The van der Waals surface area contributed by atoms with E-state index < -0.39 is 23.1 Å². The number of rotatable bonds is 2. The highest BCUT2D eigenvalue weighted by molar-refractivity contribution is 5.69. The molecule has 0 spiro atoms. The minimum Gasteiger partial charge on any atom is -0.507 e. The fourth-order valence-electron chi connectivity index (χ4n) is 4.83. The number of hydrogen-bond donors (Lipinski definition) is 2. The van der Waals surface area contributed by atoms with E-state index in [1.807, 2.05) is 7.05 Å². The molecular formula is C21H24F3N3O2. The molecule has 2 fully saturated rings. The molecule has 5 nitrogen and oxygen atoms in total. The van der Waals surface area contributed by atoms with Crippen molar-refractivity contribution >= 4 is 0 Å². The van der Waals surface area contributed by atoms with Crippen molar-refractivity contribution in [1.82, 2.24) is 15.1 Å². The smallest absolute Gasteiger partial charge is 0.416 e. The maximum absolute atomic E-state index is 12.8. The van der Waals surface area contributed by atoms with E-state index >= 15 is 0 Å². The van der Waals surface area contributed by atoms with Crippen LogP contribution in [0, 0.1) is 18.8 Å². The van der Waals surface area contributed by atoms with Crippen LogP contribution in [0.15, 0.2) is 24.3 Å². The Hall–Kier alpha value is -2.19. The Balaban J connectivity index is 1.67. The van der Waals surface area contributed by atoms with Gasteiger partial charge in [-0.25, -0.2) is 0 Å². The summed E-state index contributed by atoms with van der Waals surface area (Å²) in [6, 6.07) is 4.55. The number of fused-ring (bicyclic) bond motifs is 1. The second kappa shape index (κ2) is 6.95. The maximum atomic E-state index is 12.8. The quantitative estimate of drug-likeness (QED) is 0.794. The minimum atomic E-state index is -4.53. The number of halogens is 3. The standard InChI is InChI=1S/C21H24F3N3O2/c1-12-9-18(20(29)7-5-13-6-8-27(2)11-16(13)20)25-26-19(12)15-4-3-14(10-17(15)28)21(22,23)24/h3-4,9-10,13,16,28-29H,5-8,11H2,1-2H3. The van der Waals surface area contributed by atoms with Gasteiger partial charge in [-0.15, -0.1) is 5.10 Å². The second-order valence-electron chi connectivity index (χ2n) is 8.37. The molecule has 2 aromatic rings. The summed E-state index contributed by atoms with van der Waals surface area (Å²) in [6.07, 6.45) is -1.92. The van der Waals surface area contributed by atoms with Gasteiger partial charge >= 0.3 is 6.18 Å². The largest absolute Gasteiger partial charge is 0.507 e. The van der Waals surface area contributed by atoms with Crippen LogP contribution in [-0.4, -0.2) is 45.4 Å². The van der Waals surface area contributed by atoms with E-state index in [9.17, 15) is 23.4 Å². The molecule has 1 aliphatic heterocycles. The van der Waals surface area contributed by atoms with Gasteiger partial charge in [0.25, 0.3) is 0 Å². The summed E-state index contributed by atoms with van der Waals surface area (Å²) in [7, 11) is 2.04. The van der Waals surface area contributed by atoms with Crippen molar-refractivity contribution in [2.24, 2.45) is 11.8 Å². The van der Waals surface area contributed by atoms with Gasteiger partial charge in [0.15, 0.2) is 0 Å². The Bertz CT molecular complexity index is 934. The van der Waals surface area contributed by atoms with E-state index in [0.717, 1.165) is 32.0 Å². The lowest BCUT2D eigenvalue weighted by Gasteiger charge is -2.39. The first-order valence-corrected chi connectivity index (χ1v) is 9.76. The normalized spacial score (nSPS) is 27.8. The van der Waals surface area contributed by atoms with E-state index in [1.165, 1.54) is 6.07 Å².